The lowest BCUT2D eigenvalue weighted by Gasteiger charge is -2.28. The summed E-state index contributed by atoms with van der Waals surface area (Å²) in [7, 11) is -2.15. The maximum Gasteiger partial charge on any atom is 0.258 e. The second kappa shape index (κ2) is 19.8. The summed E-state index contributed by atoms with van der Waals surface area (Å²) in [6.45, 7) is 1.33. The molecule has 0 aliphatic carbocycles. The number of nitrogens with zero attached hydrogens (tertiary/aromatic N) is 4. The molecule has 324 valence electrons. The number of pyridine rings is 2. The van der Waals surface area contributed by atoms with E-state index in [0.717, 1.165) is 76.4 Å². The predicted molar refractivity (Wildman–Crippen MR) is 250 cm³/mol. The van der Waals surface area contributed by atoms with Crippen molar-refractivity contribution in [3.63, 3.8) is 0 Å². The fourth-order valence-corrected chi connectivity index (χ4v) is 9.43. The molecule has 8 rings (SSSR count). The number of nitrogens with one attached hydrogen (secondary N) is 3. The van der Waals surface area contributed by atoms with Gasteiger partial charge in [0.15, 0.2) is 6.61 Å². The summed E-state index contributed by atoms with van der Waals surface area (Å²) in [5.74, 6) is 0.00616. The third kappa shape index (κ3) is 10.5. The molecule has 1 aliphatic heterocycles. The second-order valence-electron chi connectivity index (χ2n) is 15.8. The minimum absolute atomic E-state index is 0.133. The van der Waals surface area contributed by atoms with Crippen molar-refractivity contribution in [3.8, 4) is 17.0 Å². The number of H-pyrrole nitrogens is 1. The third-order valence-corrected chi connectivity index (χ3v) is 13.6. The zero-order valence-electron chi connectivity index (χ0n) is 35.1. The molecular formula is C49H50ClN7O5S. The van der Waals surface area contributed by atoms with Crippen LogP contribution in [0.25, 0.3) is 32.9 Å². The van der Waals surface area contributed by atoms with Crippen molar-refractivity contribution in [1.82, 2.24) is 24.6 Å². The summed E-state index contributed by atoms with van der Waals surface area (Å²) in [4.78, 5) is 39.5. The summed E-state index contributed by atoms with van der Waals surface area (Å²) in [5, 5.41) is 8.61. The van der Waals surface area contributed by atoms with E-state index in [2.05, 4.69) is 72.9 Å². The minimum atomic E-state index is -3.75. The standard InChI is InChI=1S/C49H50ClN7O5S/c1-56(27-8-28-57-45-10-6-5-9-34(45)12-13-35-14-17-38(50)30-46(35)57)63(60,61)40-20-18-39(19-21-40)54-47(58)11-4-2-3-7-25-52-48(59)33-62-49-23-16-37(31-53-49)36-15-22-41-42-32-51-26-24-43(42)55-44(41)29-36/h5-6,9-10,14-24,26,29-32,55H,2-4,7-8,11-13,25,27-28,33H2,1H3,(H,52,59)(H,54,58). The van der Waals surface area contributed by atoms with Crippen molar-refractivity contribution in [3.05, 3.63) is 138 Å². The molecule has 3 N–H and O–H groups in total. The highest BCUT2D eigenvalue weighted by atomic mass is 35.5. The van der Waals surface area contributed by atoms with E-state index in [1.165, 1.54) is 27.6 Å². The van der Waals surface area contributed by atoms with E-state index in [1.807, 2.05) is 36.5 Å². The number of fused-ring (bicyclic) bond motifs is 5. The molecule has 0 spiro atoms. The number of aromatic nitrogens is 3. The first-order valence-electron chi connectivity index (χ1n) is 21.3. The molecule has 0 saturated heterocycles. The normalized spacial score (nSPS) is 12.5. The van der Waals surface area contributed by atoms with E-state index in [-0.39, 0.29) is 23.3 Å². The highest BCUT2D eigenvalue weighted by molar-refractivity contribution is 7.89. The Morgan fingerprint density at radius 3 is 2.41 bits per heavy atom. The Kier molecular flexibility index (Phi) is 13.7. The van der Waals surface area contributed by atoms with Crippen molar-refractivity contribution >= 4 is 72.3 Å². The Labute approximate surface area is 372 Å². The number of halogens is 1. The molecule has 0 radical (unpaired) electrons. The van der Waals surface area contributed by atoms with Crippen molar-refractivity contribution < 1.29 is 22.7 Å². The van der Waals surface area contributed by atoms with Gasteiger partial charge in [0.25, 0.3) is 5.91 Å². The minimum Gasteiger partial charge on any atom is -0.468 e. The number of benzene rings is 4. The maximum absolute atomic E-state index is 13.5. The second-order valence-corrected chi connectivity index (χ2v) is 18.3. The predicted octanol–water partition coefficient (Wildman–Crippen LogP) is 9.46. The fourth-order valence-electron chi connectivity index (χ4n) is 8.05. The quantitative estimate of drug-likeness (QED) is 0.0722. The van der Waals surface area contributed by atoms with Crippen LogP contribution in [0.3, 0.4) is 0 Å². The van der Waals surface area contributed by atoms with Crippen molar-refractivity contribution in [2.45, 2.75) is 56.3 Å². The SMILES string of the molecule is CN(CCCN1c2ccccc2CCc2ccc(Cl)cc21)S(=O)(=O)c1ccc(NC(=O)CCCCCCNC(=O)COc2ccc(-c3ccc4c(c3)[nH]c3ccncc34)cn2)cc1. The molecule has 1 aliphatic rings. The van der Waals surface area contributed by atoms with Crippen LogP contribution >= 0.6 is 11.6 Å². The summed E-state index contributed by atoms with van der Waals surface area (Å²) >= 11 is 6.42. The van der Waals surface area contributed by atoms with Crippen LogP contribution in [0.15, 0.2) is 127 Å². The van der Waals surface area contributed by atoms with E-state index in [1.54, 1.807) is 37.6 Å². The van der Waals surface area contributed by atoms with E-state index in [4.69, 9.17) is 16.3 Å². The number of anilines is 3. The van der Waals surface area contributed by atoms with Crippen LogP contribution < -0.4 is 20.3 Å². The number of hydrogen-bond donors (Lipinski definition) is 3. The van der Waals surface area contributed by atoms with E-state index < -0.39 is 10.0 Å². The van der Waals surface area contributed by atoms with E-state index in [0.29, 0.717) is 55.5 Å². The van der Waals surface area contributed by atoms with Gasteiger partial charge in [-0.05, 0) is 109 Å². The largest absolute Gasteiger partial charge is 0.468 e. The zero-order chi connectivity index (χ0) is 43.8. The number of unbranched alkanes of at least 4 members (excludes halogenated alkanes) is 3. The average Bonchev–Trinajstić information content (AvgIpc) is 3.60. The summed E-state index contributed by atoms with van der Waals surface area (Å²) in [5.41, 5.74) is 9.21. The molecule has 0 fully saturated rings. The molecular weight excluding hydrogens is 834 g/mol. The van der Waals surface area contributed by atoms with Crippen molar-refractivity contribution in [1.29, 1.82) is 0 Å². The van der Waals surface area contributed by atoms with Crippen LogP contribution in [-0.4, -0.2) is 72.8 Å². The number of rotatable bonds is 18. The number of sulfonamides is 1. The molecule has 3 aromatic heterocycles. The van der Waals surface area contributed by atoms with Crippen molar-refractivity contribution in [2.75, 3.05) is 43.5 Å². The van der Waals surface area contributed by atoms with Gasteiger partial charge in [-0.15, -0.1) is 0 Å². The lowest BCUT2D eigenvalue weighted by Crippen LogP contribution is -2.30. The first-order valence-corrected chi connectivity index (χ1v) is 23.2. The first kappa shape index (κ1) is 43.4. The monoisotopic (exact) mass is 883 g/mol. The summed E-state index contributed by atoms with van der Waals surface area (Å²) in [6.07, 6.45) is 11.3. The van der Waals surface area contributed by atoms with E-state index >= 15 is 0 Å². The van der Waals surface area contributed by atoms with Gasteiger partial charge in [-0.2, -0.15) is 0 Å². The number of para-hydroxylation sites is 1. The first-order chi connectivity index (χ1) is 30.6. The Bertz CT molecular complexity index is 2830. The van der Waals surface area contributed by atoms with Gasteiger partial charge in [-0.25, -0.2) is 17.7 Å². The fraction of sp³-hybridized carbons (Fsp3) is 0.265. The Balaban J connectivity index is 0.705. The number of carbonyl (C=O) groups excluding carboxylic acids is 2. The molecule has 12 nitrogen and oxygen atoms in total. The molecule has 4 aromatic carbocycles. The zero-order valence-corrected chi connectivity index (χ0v) is 36.7. The smallest absolute Gasteiger partial charge is 0.258 e. The van der Waals surface area contributed by atoms with Crippen LogP contribution in [0.5, 0.6) is 5.88 Å². The molecule has 0 atom stereocenters. The highest BCUT2D eigenvalue weighted by Gasteiger charge is 2.24. The Hall–Kier alpha value is -6.28. The highest BCUT2D eigenvalue weighted by Crippen LogP contribution is 2.38. The number of aryl methyl sites for hydroxylation is 2. The molecule has 63 heavy (non-hydrogen) atoms. The number of ether oxygens (including phenoxy) is 1. The summed E-state index contributed by atoms with van der Waals surface area (Å²) in [6, 6.07) is 32.5. The molecule has 2 amide bonds. The molecule has 4 heterocycles. The molecule has 14 heteroatoms. The lowest BCUT2D eigenvalue weighted by atomic mass is 10.0. The molecule has 0 bridgehead atoms. The lowest BCUT2D eigenvalue weighted by molar-refractivity contribution is -0.123. The van der Waals surface area contributed by atoms with Crippen LogP contribution in [0.2, 0.25) is 5.02 Å². The van der Waals surface area contributed by atoms with Crippen LogP contribution in [0.4, 0.5) is 17.1 Å². The molecule has 0 unspecified atom stereocenters. The molecule has 0 saturated carbocycles. The Morgan fingerprint density at radius 1 is 0.794 bits per heavy atom. The van der Waals surface area contributed by atoms with Gasteiger partial charge in [0.1, 0.15) is 0 Å². The average molecular weight is 885 g/mol. The van der Waals surface area contributed by atoms with Gasteiger partial charge in [-0.3, -0.25) is 14.6 Å². The topological polar surface area (TPSA) is 150 Å². The van der Waals surface area contributed by atoms with Gasteiger partial charge >= 0.3 is 0 Å². The number of hydrogen-bond acceptors (Lipinski definition) is 8. The number of amides is 2. The van der Waals surface area contributed by atoms with Crippen molar-refractivity contribution in [2.24, 2.45) is 0 Å². The van der Waals surface area contributed by atoms with Crippen LogP contribution in [0.1, 0.15) is 49.7 Å². The number of aromatic amines is 1. The van der Waals surface area contributed by atoms with Crippen LogP contribution in [0, 0.1) is 0 Å². The van der Waals surface area contributed by atoms with E-state index in [9.17, 15) is 18.0 Å². The maximum atomic E-state index is 13.5. The van der Waals surface area contributed by atoms with Gasteiger partial charge in [0.05, 0.1) is 4.90 Å². The third-order valence-electron chi connectivity index (χ3n) is 11.5. The van der Waals surface area contributed by atoms with Gasteiger partial charge in [0, 0.05) is 107 Å². The summed E-state index contributed by atoms with van der Waals surface area (Å²) < 4.78 is 34.0. The molecule has 7 aromatic rings. The van der Waals surface area contributed by atoms with Crippen LogP contribution in [-0.2, 0) is 32.5 Å². The van der Waals surface area contributed by atoms with Gasteiger partial charge < -0.3 is 25.3 Å². The van der Waals surface area contributed by atoms with Gasteiger partial charge in [0.2, 0.25) is 21.8 Å². The van der Waals surface area contributed by atoms with Gasteiger partial charge in [-0.1, -0.05) is 60.8 Å². The Morgan fingerprint density at radius 2 is 1.59 bits per heavy atom. The number of carbonyl (C=O) groups is 2.